The van der Waals surface area contributed by atoms with E-state index in [1.54, 1.807) is 6.26 Å². The molecule has 0 radical (unpaired) electrons. The number of aliphatic hydroxyl groups is 1. The molecule has 30 heavy (non-hydrogen) atoms. The third kappa shape index (κ3) is 8.49. The van der Waals surface area contributed by atoms with Crippen LogP contribution in [0.2, 0.25) is 0 Å². The van der Waals surface area contributed by atoms with Crippen LogP contribution in [0.4, 0.5) is 0 Å². The smallest absolute Gasteiger partial charge is 0.191 e. The molecule has 1 aromatic carbocycles. The minimum absolute atomic E-state index is 0. The summed E-state index contributed by atoms with van der Waals surface area (Å²) in [7, 11) is 0. The van der Waals surface area contributed by atoms with Gasteiger partial charge < -0.3 is 24.9 Å². The molecule has 0 spiro atoms. The van der Waals surface area contributed by atoms with Gasteiger partial charge in [-0.25, -0.2) is 0 Å². The average Bonchev–Trinajstić information content (AvgIpc) is 3.43. The van der Waals surface area contributed by atoms with E-state index in [-0.39, 0.29) is 36.0 Å². The Bertz CT molecular complexity index is 722. The van der Waals surface area contributed by atoms with Crippen molar-refractivity contribution in [3.8, 4) is 0 Å². The van der Waals surface area contributed by atoms with Crippen LogP contribution in [0.15, 0.2) is 63.0 Å². The molecule has 1 saturated heterocycles. The van der Waals surface area contributed by atoms with Crippen LogP contribution >= 0.6 is 35.7 Å². The predicted molar refractivity (Wildman–Crippen MR) is 133 cm³/mol. The fourth-order valence-corrected chi connectivity index (χ4v) is 4.11. The summed E-state index contributed by atoms with van der Waals surface area (Å²) < 4.78 is 11.0. The van der Waals surface area contributed by atoms with E-state index in [0.29, 0.717) is 13.2 Å². The van der Waals surface area contributed by atoms with Crippen molar-refractivity contribution in [1.29, 1.82) is 0 Å². The molecule has 1 aromatic heterocycles. The van der Waals surface area contributed by atoms with Gasteiger partial charge in [-0.2, -0.15) is 0 Å². The van der Waals surface area contributed by atoms with Crippen molar-refractivity contribution in [2.24, 2.45) is 10.4 Å². The zero-order chi connectivity index (χ0) is 20.2. The Morgan fingerprint density at radius 2 is 1.97 bits per heavy atom. The van der Waals surface area contributed by atoms with Crippen LogP contribution in [0.25, 0.3) is 0 Å². The van der Waals surface area contributed by atoms with Crippen LogP contribution < -0.4 is 10.6 Å². The molecule has 2 aromatic rings. The first-order valence-electron chi connectivity index (χ1n) is 10.2. The van der Waals surface area contributed by atoms with Crippen LogP contribution in [-0.4, -0.2) is 56.3 Å². The summed E-state index contributed by atoms with van der Waals surface area (Å²) in [5.74, 6) is 2.71. The lowest BCUT2D eigenvalue weighted by molar-refractivity contribution is 0.131. The van der Waals surface area contributed by atoms with Crippen molar-refractivity contribution in [2.45, 2.75) is 24.2 Å². The van der Waals surface area contributed by atoms with E-state index in [0.717, 1.165) is 56.4 Å². The number of hydrogen-bond acceptors (Lipinski definition) is 5. The molecule has 8 heteroatoms. The van der Waals surface area contributed by atoms with E-state index in [2.05, 4.69) is 34.9 Å². The lowest BCUT2D eigenvalue weighted by Crippen LogP contribution is -2.40. The number of halogens is 1. The first kappa shape index (κ1) is 25.0. The van der Waals surface area contributed by atoms with Crippen molar-refractivity contribution in [3.05, 3.63) is 54.5 Å². The number of guanidine groups is 1. The summed E-state index contributed by atoms with van der Waals surface area (Å²) in [6.07, 6.45) is 4.17. The van der Waals surface area contributed by atoms with Crippen molar-refractivity contribution in [2.75, 3.05) is 45.2 Å². The normalized spacial score (nSPS) is 18.8. The van der Waals surface area contributed by atoms with Gasteiger partial charge in [0.25, 0.3) is 0 Å². The van der Waals surface area contributed by atoms with Crippen molar-refractivity contribution >= 4 is 41.7 Å². The second-order valence-corrected chi connectivity index (χ2v) is 8.45. The van der Waals surface area contributed by atoms with Crippen LogP contribution in [0.5, 0.6) is 0 Å². The number of thioether (sulfide) groups is 1. The van der Waals surface area contributed by atoms with Gasteiger partial charge in [-0.05, 0) is 37.1 Å². The minimum Gasteiger partial charge on any atom is -0.469 e. The van der Waals surface area contributed by atoms with Gasteiger partial charge in [0, 0.05) is 48.8 Å². The molecule has 2 heterocycles. The van der Waals surface area contributed by atoms with E-state index in [1.165, 1.54) is 4.90 Å². The zero-order valence-electron chi connectivity index (χ0n) is 17.2. The van der Waals surface area contributed by atoms with E-state index in [9.17, 15) is 5.11 Å². The minimum atomic E-state index is -0.0524. The quantitative estimate of drug-likeness (QED) is 0.132. The molecular weight excluding hydrogens is 513 g/mol. The Balaban J connectivity index is 0.00000320. The second-order valence-electron chi connectivity index (χ2n) is 7.29. The summed E-state index contributed by atoms with van der Waals surface area (Å²) in [5, 5.41) is 16.3. The van der Waals surface area contributed by atoms with E-state index in [4.69, 9.17) is 14.1 Å². The highest BCUT2D eigenvalue weighted by molar-refractivity contribution is 14.0. The van der Waals surface area contributed by atoms with Gasteiger partial charge in [0.15, 0.2) is 5.96 Å². The van der Waals surface area contributed by atoms with Gasteiger partial charge in [0.2, 0.25) is 0 Å². The van der Waals surface area contributed by atoms with E-state index < -0.39 is 0 Å². The summed E-state index contributed by atoms with van der Waals surface area (Å²) in [5.41, 5.74) is -0.0524. The highest BCUT2D eigenvalue weighted by Gasteiger charge is 2.34. The van der Waals surface area contributed by atoms with Gasteiger partial charge in [0.1, 0.15) is 5.76 Å². The Kier molecular flexibility index (Phi) is 11.6. The molecule has 0 saturated carbocycles. The number of nitrogens with zero attached hydrogens (tertiary/aromatic N) is 1. The lowest BCUT2D eigenvalue weighted by Gasteiger charge is -2.25. The Morgan fingerprint density at radius 3 is 2.67 bits per heavy atom. The number of hydrogen-bond donors (Lipinski definition) is 3. The summed E-state index contributed by atoms with van der Waals surface area (Å²) >= 11 is 1.82. The summed E-state index contributed by atoms with van der Waals surface area (Å²) in [4.78, 5) is 6.09. The molecular formula is C22H32IN3O3S. The third-order valence-electron chi connectivity index (χ3n) is 5.05. The maximum Gasteiger partial charge on any atom is 0.191 e. The molecule has 1 aliphatic heterocycles. The lowest BCUT2D eigenvalue weighted by atomic mass is 9.84. The summed E-state index contributed by atoms with van der Waals surface area (Å²) in [6.45, 7) is 3.79. The fraction of sp³-hybridized carbons (Fsp3) is 0.500. The van der Waals surface area contributed by atoms with Gasteiger partial charge >= 0.3 is 0 Å². The van der Waals surface area contributed by atoms with Gasteiger partial charge in [0.05, 0.1) is 19.4 Å². The van der Waals surface area contributed by atoms with Crippen molar-refractivity contribution < 1.29 is 14.3 Å². The predicted octanol–water partition coefficient (Wildman–Crippen LogP) is 3.56. The number of rotatable bonds is 11. The Morgan fingerprint density at radius 1 is 1.13 bits per heavy atom. The second kappa shape index (κ2) is 14.0. The highest BCUT2D eigenvalue weighted by Crippen LogP contribution is 2.32. The highest BCUT2D eigenvalue weighted by atomic mass is 127. The van der Waals surface area contributed by atoms with Crippen LogP contribution in [0, 0.1) is 5.41 Å². The molecule has 1 aliphatic rings. The number of aliphatic imine (C=N–C) groups is 1. The first-order valence-corrected chi connectivity index (χ1v) is 11.2. The number of aliphatic hydroxyl groups excluding tert-OH is 1. The molecule has 6 nitrogen and oxygen atoms in total. The number of ether oxygens (including phenoxy) is 1. The standard InChI is InChI=1S/C22H31N3O3S.HI/c26-13-9-22(10-15-27-18-22)17-25-21(23-11-8-19-5-4-14-28-19)24-12-16-29-20-6-2-1-3-7-20;/h1-7,14,26H,8-13,15-18H2,(H2,23,24,25);1H. The molecule has 0 amide bonds. The summed E-state index contributed by atoms with van der Waals surface area (Å²) in [6, 6.07) is 14.3. The van der Waals surface area contributed by atoms with Crippen LogP contribution in [0.3, 0.4) is 0 Å². The van der Waals surface area contributed by atoms with Gasteiger partial charge in [-0.1, -0.05) is 18.2 Å². The molecule has 1 unspecified atom stereocenters. The fourth-order valence-electron chi connectivity index (χ4n) is 3.32. The molecule has 3 N–H and O–H groups in total. The molecule has 1 fully saturated rings. The van der Waals surface area contributed by atoms with Gasteiger partial charge in [-0.15, -0.1) is 35.7 Å². The number of furan rings is 1. The molecule has 1 atom stereocenters. The average molecular weight is 545 g/mol. The topological polar surface area (TPSA) is 79.0 Å². The third-order valence-corrected chi connectivity index (χ3v) is 6.06. The number of benzene rings is 1. The van der Waals surface area contributed by atoms with Crippen LogP contribution in [0.1, 0.15) is 18.6 Å². The molecule has 3 rings (SSSR count). The van der Waals surface area contributed by atoms with Crippen molar-refractivity contribution in [3.63, 3.8) is 0 Å². The molecule has 0 bridgehead atoms. The Hall–Kier alpha value is -1.23. The number of nitrogens with one attached hydrogen (secondary N) is 2. The van der Waals surface area contributed by atoms with Crippen molar-refractivity contribution in [1.82, 2.24) is 10.6 Å². The largest absolute Gasteiger partial charge is 0.469 e. The molecule has 0 aliphatic carbocycles. The maximum absolute atomic E-state index is 9.44. The van der Waals surface area contributed by atoms with Crippen LogP contribution in [-0.2, 0) is 11.2 Å². The monoisotopic (exact) mass is 545 g/mol. The molecule has 166 valence electrons. The Labute approximate surface area is 200 Å². The van der Waals surface area contributed by atoms with E-state index in [1.807, 2.05) is 30.0 Å². The van der Waals surface area contributed by atoms with E-state index >= 15 is 0 Å². The maximum atomic E-state index is 9.44. The van der Waals surface area contributed by atoms with Gasteiger partial charge in [-0.3, -0.25) is 4.99 Å². The SMILES string of the molecule is I.OCCC1(CN=C(NCCSc2ccccc2)NCCc2ccco2)CCOC1. The zero-order valence-corrected chi connectivity index (χ0v) is 20.4. The first-order chi connectivity index (χ1) is 14.3.